The number of methoxy groups -OCH3 is 3. The van der Waals surface area contributed by atoms with Crippen LogP contribution in [0.5, 0.6) is 0 Å². The number of carbonyl (C=O) groups excluding carboxylic acids is 3. The van der Waals surface area contributed by atoms with E-state index in [2.05, 4.69) is 0 Å². The highest BCUT2D eigenvalue weighted by Crippen LogP contribution is 2.70. The lowest BCUT2D eigenvalue weighted by Crippen LogP contribution is -2.80. The molecule has 0 aromatic rings. The van der Waals surface area contributed by atoms with Crippen LogP contribution >= 0.6 is 0 Å². The van der Waals surface area contributed by atoms with Gasteiger partial charge in [-0.2, -0.15) is 0 Å². The van der Waals surface area contributed by atoms with Gasteiger partial charge in [-0.05, 0) is 92.4 Å². The van der Waals surface area contributed by atoms with Crippen molar-refractivity contribution in [1.82, 2.24) is 0 Å². The molecule has 6 fully saturated rings. The molecular formula is C50H78O18. The number of fused-ring (bicyclic) bond motifs is 5. The Morgan fingerprint density at radius 2 is 1.47 bits per heavy atom. The summed E-state index contributed by atoms with van der Waals surface area (Å²) in [5, 5.41) is 47.6. The van der Waals surface area contributed by atoms with Crippen molar-refractivity contribution in [2.45, 2.75) is 230 Å². The van der Waals surface area contributed by atoms with Crippen molar-refractivity contribution in [3.8, 4) is 0 Å². The van der Waals surface area contributed by atoms with Gasteiger partial charge >= 0.3 is 11.9 Å². The average Bonchev–Trinajstić information content (AvgIpc) is 3.57. The molecule has 22 atom stereocenters. The third-order valence-corrected chi connectivity index (χ3v) is 17.3. The predicted molar refractivity (Wildman–Crippen MR) is 240 cm³/mol. The van der Waals surface area contributed by atoms with Crippen LogP contribution in [0.2, 0.25) is 0 Å². The summed E-state index contributed by atoms with van der Waals surface area (Å²) in [6, 6.07) is 0. The largest absolute Gasteiger partial charge is 0.458 e. The summed E-state index contributed by atoms with van der Waals surface area (Å²) in [4.78, 5) is 40.1. The maximum absolute atomic E-state index is 13.6. The molecule has 386 valence electrons. The first-order valence-corrected chi connectivity index (χ1v) is 24.4. The van der Waals surface area contributed by atoms with E-state index in [9.17, 15) is 34.8 Å². The van der Waals surface area contributed by atoms with Crippen LogP contribution in [0.15, 0.2) is 23.3 Å². The number of hydrogen-bond donors (Lipinski definition) is 4. The van der Waals surface area contributed by atoms with Crippen LogP contribution in [-0.2, 0) is 66.5 Å². The standard InChI is InChI=1S/C50H78O18/c1-14-24(2)44(55)66-43-41(63-29(7)52)42-46(8)18-16-31(21-30(46)15-19-49(42,56)50(57)20-17-32(25(3)51)48(43,50)10)68-47(9)23-34(59-12)39(28(6)67-47)64-35-22-33(58-11)38(27(5)61-35)65-45-37(54)40(60-13)36(53)26(4)62-45/h14-15,26-28,31-43,45,53-54,56-57H,16-23H2,1-13H3/b24-14+/t26?,27?,28?,31-,32-,33?,34?,35?,36?,37?,38?,39?,40?,41-,42?,43+,45?,46-,47?,48-,49-,50+/m0/s1. The fraction of sp³-hybridized carbons (Fsp3) is 0.860. The first-order valence-electron chi connectivity index (χ1n) is 24.4. The van der Waals surface area contributed by atoms with E-state index in [1.165, 1.54) is 21.0 Å². The van der Waals surface area contributed by atoms with E-state index >= 15 is 0 Å². The zero-order valence-corrected chi connectivity index (χ0v) is 42.1. The highest BCUT2D eigenvalue weighted by Gasteiger charge is 2.81. The Kier molecular flexibility index (Phi) is 15.6. The van der Waals surface area contributed by atoms with E-state index in [4.69, 9.17) is 52.1 Å². The number of aliphatic hydroxyl groups is 4. The van der Waals surface area contributed by atoms with Gasteiger partial charge in [0.15, 0.2) is 18.4 Å². The molecule has 3 heterocycles. The summed E-state index contributed by atoms with van der Waals surface area (Å²) in [6.45, 7) is 17.0. The maximum atomic E-state index is 13.6. The first kappa shape index (κ1) is 53.4. The number of Topliss-reactive ketones (excluding diaryl/α,β-unsaturated/α-hetero) is 1. The van der Waals surface area contributed by atoms with Crippen LogP contribution in [0.3, 0.4) is 0 Å². The van der Waals surface area contributed by atoms with Crippen LogP contribution in [-0.4, -0.2) is 168 Å². The fourth-order valence-electron chi connectivity index (χ4n) is 13.6. The summed E-state index contributed by atoms with van der Waals surface area (Å²) < 4.78 is 68.4. The lowest BCUT2D eigenvalue weighted by molar-refractivity contribution is -0.364. The smallest absolute Gasteiger partial charge is 0.333 e. The van der Waals surface area contributed by atoms with Gasteiger partial charge in [-0.3, -0.25) is 9.59 Å². The first-order chi connectivity index (χ1) is 31.9. The van der Waals surface area contributed by atoms with Crippen molar-refractivity contribution >= 4 is 17.7 Å². The van der Waals surface area contributed by atoms with E-state index in [0.717, 1.165) is 5.57 Å². The molecule has 7 rings (SSSR count). The Morgan fingerprint density at radius 1 is 0.794 bits per heavy atom. The zero-order valence-electron chi connectivity index (χ0n) is 42.1. The molecule has 4 N–H and O–H groups in total. The van der Waals surface area contributed by atoms with Crippen molar-refractivity contribution in [3.63, 3.8) is 0 Å². The van der Waals surface area contributed by atoms with E-state index < -0.39 is 137 Å². The number of carbonyl (C=O) groups is 3. The van der Waals surface area contributed by atoms with Gasteiger partial charge in [0.2, 0.25) is 0 Å². The van der Waals surface area contributed by atoms with Gasteiger partial charge in [-0.25, -0.2) is 4.79 Å². The SMILES string of the molecule is C/C=C(\C)C(=O)O[C@@H]1[C@@H](OC(C)=O)C2[C@@]3(C)CC[C@H](OC4(C)CC(OC)C(OC5CC(OC)C(OC6OC(C)C(O)C(OC)C6O)C(C)O5)C(C)O4)CC3=CC[C@@]2(O)[C@@]2(O)CC[C@@H](C(C)=O)[C@@]12C. The van der Waals surface area contributed by atoms with Crippen LogP contribution in [0, 0.1) is 22.7 Å². The summed E-state index contributed by atoms with van der Waals surface area (Å²) in [5.74, 6) is -4.31. The Morgan fingerprint density at radius 3 is 2.09 bits per heavy atom. The number of ketones is 1. The van der Waals surface area contributed by atoms with Gasteiger partial charge in [0, 0.05) is 63.9 Å². The Labute approximate surface area is 400 Å². The number of ether oxygens (including phenoxy) is 11. The zero-order chi connectivity index (χ0) is 50.1. The molecule has 7 aliphatic rings. The van der Waals surface area contributed by atoms with E-state index in [0.29, 0.717) is 31.3 Å². The summed E-state index contributed by atoms with van der Waals surface area (Å²) in [6.07, 6.45) is -5.79. The van der Waals surface area contributed by atoms with Gasteiger partial charge in [0.05, 0.1) is 36.6 Å². The minimum absolute atomic E-state index is 0.0144. The van der Waals surface area contributed by atoms with Crippen molar-refractivity contribution in [2.24, 2.45) is 22.7 Å². The Balaban J connectivity index is 1.06. The summed E-state index contributed by atoms with van der Waals surface area (Å²) >= 11 is 0. The molecule has 0 amide bonds. The van der Waals surface area contributed by atoms with Crippen LogP contribution in [0.1, 0.15) is 121 Å². The second-order valence-corrected chi connectivity index (χ2v) is 21.3. The molecule has 68 heavy (non-hydrogen) atoms. The minimum atomic E-state index is -1.88. The molecule has 14 unspecified atom stereocenters. The van der Waals surface area contributed by atoms with Crippen LogP contribution < -0.4 is 0 Å². The molecule has 3 saturated carbocycles. The minimum Gasteiger partial charge on any atom is -0.458 e. The van der Waals surface area contributed by atoms with E-state index in [1.54, 1.807) is 48.0 Å². The number of rotatable bonds is 13. The number of esters is 2. The molecule has 4 aliphatic carbocycles. The molecule has 3 aliphatic heterocycles. The average molecular weight is 967 g/mol. The third-order valence-electron chi connectivity index (χ3n) is 17.3. The molecule has 18 nitrogen and oxygen atoms in total. The second-order valence-electron chi connectivity index (χ2n) is 21.3. The lowest BCUT2D eigenvalue weighted by Gasteiger charge is -2.68. The summed E-state index contributed by atoms with van der Waals surface area (Å²) in [7, 11) is 4.59. The molecule has 0 radical (unpaired) electrons. The number of allylic oxidation sites excluding steroid dienone is 1. The van der Waals surface area contributed by atoms with Crippen molar-refractivity contribution in [1.29, 1.82) is 0 Å². The quantitative estimate of drug-likeness (QED) is 0.117. The molecule has 0 bridgehead atoms. The molecule has 3 saturated heterocycles. The van der Waals surface area contributed by atoms with Gasteiger partial charge < -0.3 is 72.5 Å². The Hall–Kier alpha value is -2.43. The summed E-state index contributed by atoms with van der Waals surface area (Å²) in [5.41, 5.74) is -4.82. The molecule has 0 aromatic carbocycles. The van der Waals surface area contributed by atoms with Crippen LogP contribution in [0.4, 0.5) is 0 Å². The maximum Gasteiger partial charge on any atom is 0.333 e. The lowest BCUT2D eigenvalue weighted by atomic mass is 9.42. The van der Waals surface area contributed by atoms with Crippen molar-refractivity contribution in [2.75, 3.05) is 21.3 Å². The Bertz CT molecular complexity index is 1930. The number of aliphatic hydroxyl groups excluding tert-OH is 2. The third kappa shape index (κ3) is 8.97. The van der Waals surface area contributed by atoms with Gasteiger partial charge in [0.25, 0.3) is 0 Å². The second kappa shape index (κ2) is 19.9. The monoisotopic (exact) mass is 967 g/mol. The molecule has 18 heteroatoms. The highest BCUT2D eigenvalue weighted by atomic mass is 16.8. The van der Waals surface area contributed by atoms with E-state index in [-0.39, 0.29) is 37.6 Å². The van der Waals surface area contributed by atoms with Gasteiger partial charge in [-0.15, -0.1) is 0 Å². The molecular weight excluding hydrogens is 889 g/mol. The molecule has 0 spiro atoms. The van der Waals surface area contributed by atoms with E-state index in [1.807, 2.05) is 33.8 Å². The van der Waals surface area contributed by atoms with Crippen LogP contribution in [0.25, 0.3) is 0 Å². The normalized spacial score (nSPS) is 49.5. The topological polar surface area (TPSA) is 234 Å². The fourth-order valence-corrected chi connectivity index (χ4v) is 13.6. The highest BCUT2D eigenvalue weighted by molar-refractivity contribution is 5.88. The van der Waals surface area contributed by atoms with Gasteiger partial charge in [-0.1, -0.05) is 31.6 Å². The predicted octanol–water partition coefficient (Wildman–Crippen LogP) is 3.74. The van der Waals surface area contributed by atoms with Crippen molar-refractivity contribution < 1.29 is 86.9 Å². The van der Waals surface area contributed by atoms with Crippen molar-refractivity contribution in [3.05, 3.63) is 23.3 Å². The number of hydrogen-bond acceptors (Lipinski definition) is 18. The molecule has 0 aromatic heterocycles. The van der Waals surface area contributed by atoms with Gasteiger partial charge in [0.1, 0.15) is 59.7 Å².